The Bertz CT molecular complexity index is 1260. The summed E-state index contributed by atoms with van der Waals surface area (Å²) in [5.74, 6) is -1.29. The Morgan fingerprint density at radius 2 is 1.53 bits per heavy atom. The number of ether oxygens (including phenoxy) is 1. The lowest BCUT2D eigenvalue weighted by atomic mass is 10.1. The average Bonchev–Trinajstić information content (AvgIpc) is 3.10. The lowest BCUT2D eigenvalue weighted by Crippen LogP contribution is -2.20. The van der Waals surface area contributed by atoms with Crippen LogP contribution in [0.15, 0.2) is 71.1 Å². The molecule has 0 unspecified atom stereocenters. The summed E-state index contributed by atoms with van der Waals surface area (Å²) in [6.45, 7) is 0.976. The first kappa shape index (κ1) is 19.2. The third-order valence-electron chi connectivity index (χ3n) is 4.44. The Morgan fingerprint density at radius 1 is 0.833 bits per heavy atom. The Morgan fingerprint density at radius 3 is 2.30 bits per heavy atom. The number of carbonyl (C=O) groups is 3. The SMILES string of the molecule is CC(=O)Nc1ccc(C(=O)OCC(=O)Nc2ccc3oc4ccccc4c3c2)cc1. The fourth-order valence-electron chi connectivity index (χ4n) is 3.11. The van der Waals surface area contributed by atoms with Crippen LogP contribution in [0, 0.1) is 0 Å². The highest BCUT2D eigenvalue weighted by molar-refractivity contribution is 6.07. The molecule has 0 aliphatic carbocycles. The van der Waals surface area contributed by atoms with Crippen LogP contribution in [0.4, 0.5) is 11.4 Å². The molecule has 3 aromatic carbocycles. The predicted molar refractivity (Wildman–Crippen MR) is 113 cm³/mol. The summed E-state index contributed by atoms with van der Waals surface area (Å²) in [6.07, 6.45) is 0. The number of esters is 1. The average molecular weight is 402 g/mol. The lowest BCUT2D eigenvalue weighted by molar-refractivity contribution is -0.119. The molecule has 150 valence electrons. The topological polar surface area (TPSA) is 97.6 Å². The molecule has 0 aliphatic rings. The molecule has 0 saturated heterocycles. The quantitative estimate of drug-likeness (QED) is 0.484. The van der Waals surface area contributed by atoms with Crippen LogP contribution in [-0.4, -0.2) is 24.4 Å². The minimum absolute atomic E-state index is 0.205. The molecule has 0 bridgehead atoms. The molecular formula is C23H18N2O5. The van der Waals surface area contributed by atoms with E-state index in [9.17, 15) is 14.4 Å². The lowest BCUT2D eigenvalue weighted by Gasteiger charge is -2.07. The molecule has 0 atom stereocenters. The fourth-order valence-corrected chi connectivity index (χ4v) is 3.11. The summed E-state index contributed by atoms with van der Waals surface area (Å²) in [6, 6.07) is 19.2. The highest BCUT2D eigenvalue weighted by atomic mass is 16.5. The van der Waals surface area contributed by atoms with Crippen molar-refractivity contribution in [3.8, 4) is 0 Å². The monoisotopic (exact) mass is 402 g/mol. The van der Waals surface area contributed by atoms with Crippen LogP contribution in [0.3, 0.4) is 0 Å². The molecule has 1 heterocycles. The van der Waals surface area contributed by atoms with Gasteiger partial charge < -0.3 is 19.8 Å². The van der Waals surface area contributed by atoms with Crippen molar-refractivity contribution >= 4 is 51.1 Å². The van der Waals surface area contributed by atoms with Gasteiger partial charge in [0.05, 0.1) is 5.56 Å². The van der Waals surface area contributed by atoms with E-state index >= 15 is 0 Å². The molecule has 2 amide bonds. The van der Waals surface area contributed by atoms with Gasteiger partial charge in [-0.15, -0.1) is 0 Å². The molecule has 2 N–H and O–H groups in total. The maximum absolute atomic E-state index is 12.2. The van der Waals surface area contributed by atoms with Crippen molar-refractivity contribution in [1.82, 2.24) is 0 Å². The van der Waals surface area contributed by atoms with E-state index in [0.717, 1.165) is 21.9 Å². The highest BCUT2D eigenvalue weighted by Crippen LogP contribution is 2.30. The van der Waals surface area contributed by atoms with Crippen molar-refractivity contribution in [3.63, 3.8) is 0 Å². The third-order valence-corrected chi connectivity index (χ3v) is 4.44. The summed E-state index contributed by atoms with van der Waals surface area (Å²) in [5.41, 5.74) is 2.93. The zero-order valence-corrected chi connectivity index (χ0v) is 16.1. The summed E-state index contributed by atoms with van der Waals surface area (Å²) in [7, 11) is 0. The molecule has 30 heavy (non-hydrogen) atoms. The van der Waals surface area contributed by atoms with Crippen molar-refractivity contribution in [2.24, 2.45) is 0 Å². The molecule has 7 nitrogen and oxygen atoms in total. The van der Waals surface area contributed by atoms with Gasteiger partial charge in [0.2, 0.25) is 5.91 Å². The molecule has 4 aromatic rings. The van der Waals surface area contributed by atoms with Crippen molar-refractivity contribution in [2.75, 3.05) is 17.2 Å². The largest absolute Gasteiger partial charge is 0.456 e. The Balaban J connectivity index is 1.38. The van der Waals surface area contributed by atoms with Crippen LogP contribution in [0.1, 0.15) is 17.3 Å². The minimum atomic E-state index is -0.629. The van der Waals surface area contributed by atoms with Gasteiger partial charge in [0.15, 0.2) is 6.61 Å². The summed E-state index contributed by atoms with van der Waals surface area (Å²) >= 11 is 0. The van der Waals surface area contributed by atoms with Crippen molar-refractivity contribution < 1.29 is 23.5 Å². The number of benzene rings is 3. The zero-order valence-electron chi connectivity index (χ0n) is 16.1. The van der Waals surface area contributed by atoms with Gasteiger partial charge in [-0.3, -0.25) is 9.59 Å². The molecule has 0 spiro atoms. The summed E-state index contributed by atoms with van der Waals surface area (Å²) in [4.78, 5) is 35.4. The number of para-hydroxylation sites is 1. The number of anilines is 2. The van der Waals surface area contributed by atoms with Crippen molar-refractivity contribution in [2.45, 2.75) is 6.92 Å². The van der Waals surface area contributed by atoms with E-state index in [1.165, 1.54) is 19.1 Å². The smallest absolute Gasteiger partial charge is 0.338 e. The van der Waals surface area contributed by atoms with E-state index in [-0.39, 0.29) is 11.5 Å². The Kier molecular flexibility index (Phi) is 5.17. The van der Waals surface area contributed by atoms with E-state index in [4.69, 9.17) is 9.15 Å². The number of furan rings is 1. The van der Waals surface area contributed by atoms with Crippen molar-refractivity contribution in [3.05, 3.63) is 72.3 Å². The van der Waals surface area contributed by atoms with Crippen molar-refractivity contribution in [1.29, 1.82) is 0 Å². The van der Waals surface area contributed by atoms with E-state index in [1.54, 1.807) is 24.3 Å². The number of rotatable bonds is 5. The number of nitrogens with one attached hydrogen (secondary N) is 2. The van der Waals surface area contributed by atoms with Gasteiger partial charge in [-0.05, 0) is 48.5 Å². The van der Waals surface area contributed by atoms with E-state index in [1.807, 2.05) is 30.3 Å². The first-order valence-electron chi connectivity index (χ1n) is 9.25. The van der Waals surface area contributed by atoms with E-state index < -0.39 is 18.5 Å². The first-order chi connectivity index (χ1) is 14.5. The van der Waals surface area contributed by atoms with Crippen LogP contribution in [0.25, 0.3) is 21.9 Å². The predicted octanol–water partition coefficient (Wildman–Crippen LogP) is 4.34. The summed E-state index contributed by atoms with van der Waals surface area (Å²) < 4.78 is 10.8. The minimum Gasteiger partial charge on any atom is -0.456 e. The van der Waals surface area contributed by atoms with Crippen LogP contribution < -0.4 is 10.6 Å². The molecular weight excluding hydrogens is 384 g/mol. The van der Waals surface area contributed by atoms with Gasteiger partial charge in [0.1, 0.15) is 11.2 Å². The second-order valence-electron chi connectivity index (χ2n) is 6.69. The molecule has 0 fully saturated rings. The molecule has 0 radical (unpaired) electrons. The van der Waals surface area contributed by atoms with Gasteiger partial charge in [-0.1, -0.05) is 18.2 Å². The van der Waals surface area contributed by atoms with E-state index in [2.05, 4.69) is 10.6 Å². The normalized spacial score (nSPS) is 10.7. The summed E-state index contributed by atoms with van der Waals surface area (Å²) in [5, 5.41) is 7.17. The number of amides is 2. The Labute approximate surface area is 171 Å². The molecule has 7 heteroatoms. The first-order valence-corrected chi connectivity index (χ1v) is 9.25. The maximum Gasteiger partial charge on any atom is 0.338 e. The number of carbonyl (C=O) groups excluding carboxylic acids is 3. The van der Waals surface area contributed by atoms with Gasteiger partial charge >= 0.3 is 5.97 Å². The maximum atomic E-state index is 12.2. The molecule has 0 aliphatic heterocycles. The third kappa shape index (κ3) is 4.15. The van der Waals surface area contributed by atoms with Gasteiger partial charge in [0.25, 0.3) is 5.91 Å². The highest BCUT2D eigenvalue weighted by Gasteiger charge is 2.12. The van der Waals surface area contributed by atoms with Gasteiger partial charge in [0, 0.05) is 29.1 Å². The Hall–Kier alpha value is -4.13. The second kappa shape index (κ2) is 8.08. The number of fused-ring (bicyclic) bond motifs is 3. The second-order valence-corrected chi connectivity index (χ2v) is 6.69. The van der Waals surface area contributed by atoms with Crippen LogP contribution >= 0.6 is 0 Å². The number of hydrogen-bond donors (Lipinski definition) is 2. The molecule has 4 rings (SSSR count). The zero-order chi connectivity index (χ0) is 21.1. The van der Waals surface area contributed by atoms with Gasteiger partial charge in [-0.2, -0.15) is 0 Å². The molecule has 0 saturated carbocycles. The van der Waals surface area contributed by atoms with Crippen LogP contribution in [0.2, 0.25) is 0 Å². The van der Waals surface area contributed by atoms with E-state index in [0.29, 0.717) is 11.4 Å². The van der Waals surface area contributed by atoms with Crippen LogP contribution in [-0.2, 0) is 14.3 Å². The van der Waals surface area contributed by atoms with Gasteiger partial charge in [-0.25, -0.2) is 4.79 Å². The molecule has 1 aromatic heterocycles. The standard InChI is InChI=1S/C23H18N2O5/c1-14(26)24-16-8-6-15(7-9-16)23(28)29-13-22(27)25-17-10-11-21-19(12-17)18-4-2-3-5-20(18)30-21/h2-12H,13H2,1H3,(H,24,26)(H,25,27). The fraction of sp³-hybridized carbons (Fsp3) is 0.0870. The number of hydrogen-bond acceptors (Lipinski definition) is 5. The van der Waals surface area contributed by atoms with Crippen LogP contribution in [0.5, 0.6) is 0 Å².